The lowest BCUT2D eigenvalue weighted by atomic mass is 10.0. The maximum Gasteiger partial charge on any atom is 0.329 e. The van der Waals surface area contributed by atoms with Crippen molar-refractivity contribution in [3.63, 3.8) is 0 Å². The largest absolute Gasteiger partial charge is 0.458 e. The highest BCUT2D eigenvalue weighted by molar-refractivity contribution is 5.97. The second kappa shape index (κ2) is 23.8. The van der Waals surface area contributed by atoms with Crippen molar-refractivity contribution >= 4 is 41.4 Å². The molecule has 1 saturated heterocycles. The third kappa shape index (κ3) is 16.9. The van der Waals surface area contributed by atoms with Crippen molar-refractivity contribution in [1.29, 1.82) is 0 Å². The molecule has 1 fully saturated rings. The summed E-state index contributed by atoms with van der Waals surface area (Å²) in [5, 5.41) is 10.2. The minimum atomic E-state index is -1.45. The SMILES string of the molecule is CC=CC=CC=CC=CC=CC=CC=CC(=O)N(C)C1C(=O)NC(CC(C)C)C(=O)NC(C)C(=O)NC(C)C(=O)NC(CCC(N)=O)C(=O)OC1C. The van der Waals surface area contributed by atoms with Crippen LogP contribution in [0.25, 0.3) is 0 Å². The molecule has 1 aliphatic rings. The van der Waals surface area contributed by atoms with Gasteiger partial charge < -0.3 is 36.6 Å². The molecule has 1 aliphatic heterocycles. The van der Waals surface area contributed by atoms with Gasteiger partial charge in [-0.05, 0) is 46.5 Å². The van der Waals surface area contributed by atoms with Gasteiger partial charge in [0.05, 0.1) is 0 Å². The third-order valence-corrected chi connectivity index (χ3v) is 7.56. The number of carbonyl (C=O) groups excluding carboxylic acids is 7. The minimum Gasteiger partial charge on any atom is -0.458 e. The molecule has 6 unspecified atom stereocenters. The number of esters is 1. The summed E-state index contributed by atoms with van der Waals surface area (Å²) in [6.07, 6.45) is 23.0. The molecule has 14 nitrogen and oxygen atoms in total. The van der Waals surface area contributed by atoms with E-state index in [1.165, 1.54) is 40.0 Å². The second-order valence-electron chi connectivity index (χ2n) is 12.6. The quantitative estimate of drug-likeness (QED) is 0.108. The Morgan fingerprint density at radius 2 is 1.17 bits per heavy atom. The van der Waals surface area contributed by atoms with Gasteiger partial charge in [-0.25, -0.2) is 4.79 Å². The summed E-state index contributed by atoms with van der Waals surface area (Å²) in [7, 11) is 1.34. The van der Waals surface area contributed by atoms with Gasteiger partial charge in [0, 0.05) is 19.5 Å². The van der Waals surface area contributed by atoms with E-state index in [1.54, 1.807) is 24.3 Å². The van der Waals surface area contributed by atoms with Crippen LogP contribution < -0.4 is 27.0 Å². The Morgan fingerprint density at radius 1 is 0.712 bits per heavy atom. The van der Waals surface area contributed by atoms with E-state index in [0.717, 1.165) is 4.90 Å². The highest BCUT2D eigenvalue weighted by atomic mass is 16.5. The highest BCUT2D eigenvalue weighted by Gasteiger charge is 2.38. The number of likely N-dealkylation sites (N-methyl/N-ethyl adjacent to an activating group) is 1. The summed E-state index contributed by atoms with van der Waals surface area (Å²) in [4.78, 5) is 92.3. The second-order valence-corrected chi connectivity index (χ2v) is 12.6. The van der Waals surface area contributed by atoms with E-state index in [-0.39, 0.29) is 25.2 Å². The molecular weight excluding hydrogens is 668 g/mol. The van der Waals surface area contributed by atoms with Gasteiger partial charge in [-0.15, -0.1) is 0 Å². The Balaban J connectivity index is 3.39. The normalized spacial score (nSPS) is 24.7. The number of ether oxygens (including phenoxy) is 1. The van der Waals surface area contributed by atoms with Gasteiger partial charge >= 0.3 is 5.97 Å². The van der Waals surface area contributed by atoms with Crippen LogP contribution in [0.3, 0.4) is 0 Å². The van der Waals surface area contributed by atoms with Crippen molar-refractivity contribution in [3.8, 4) is 0 Å². The fourth-order valence-electron chi connectivity index (χ4n) is 4.75. The predicted molar refractivity (Wildman–Crippen MR) is 199 cm³/mol. The summed E-state index contributed by atoms with van der Waals surface area (Å²) in [5.74, 6) is -5.37. The van der Waals surface area contributed by atoms with Crippen LogP contribution in [-0.2, 0) is 38.3 Å². The number of nitrogens with zero attached hydrogens (tertiary/aromatic N) is 1. The molecule has 0 aromatic carbocycles. The number of nitrogens with two attached hydrogens (primary N) is 1. The maximum atomic E-state index is 13.9. The molecule has 6 atom stereocenters. The van der Waals surface area contributed by atoms with E-state index in [0.29, 0.717) is 0 Å². The van der Waals surface area contributed by atoms with Gasteiger partial charge in [-0.1, -0.05) is 92.8 Å². The Bertz CT molecular complexity index is 1470. The first kappa shape index (κ1) is 44.5. The van der Waals surface area contributed by atoms with Crippen LogP contribution in [0, 0.1) is 5.92 Å². The first-order valence-corrected chi connectivity index (χ1v) is 17.2. The number of allylic oxidation sites excluding steroid dienone is 13. The van der Waals surface area contributed by atoms with Crippen molar-refractivity contribution in [3.05, 3.63) is 85.1 Å². The lowest BCUT2D eigenvalue weighted by Crippen LogP contribution is -2.61. The Morgan fingerprint density at radius 3 is 1.67 bits per heavy atom. The zero-order valence-electron chi connectivity index (χ0n) is 31.0. The van der Waals surface area contributed by atoms with E-state index in [4.69, 9.17) is 10.5 Å². The number of nitrogens with one attached hydrogen (secondary N) is 4. The van der Waals surface area contributed by atoms with Crippen molar-refractivity contribution in [2.75, 3.05) is 7.05 Å². The van der Waals surface area contributed by atoms with Crippen LogP contribution in [0.5, 0.6) is 0 Å². The van der Waals surface area contributed by atoms with Crippen molar-refractivity contribution in [1.82, 2.24) is 26.2 Å². The van der Waals surface area contributed by atoms with Gasteiger partial charge in [-0.2, -0.15) is 0 Å². The van der Waals surface area contributed by atoms with Gasteiger partial charge in [0.15, 0.2) is 0 Å². The number of primary amides is 1. The smallest absolute Gasteiger partial charge is 0.329 e. The standard InChI is InChI=1S/C38H54N6O8/c1-8-9-10-11-12-13-14-15-16-17-18-19-20-21-32(46)44(7)33-28(6)52-38(51)29(22-23-31(39)45)42-35(48)27(5)40-34(47)26(4)41-36(49)30(24-25(2)3)43-37(33)50/h8-21,25-30,33H,22-24H2,1-7H3,(H2,39,45)(H,40,47)(H,41,49)(H,42,48)(H,43,50). The number of carbonyl (C=O) groups is 7. The van der Waals surface area contributed by atoms with Crippen molar-refractivity contribution in [2.24, 2.45) is 11.7 Å². The lowest BCUT2D eigenvalue weighted by Gasteiger charge is -2.33. The molecule has 1 heterocycles. The van der Waals surface area contributed by atoms with E-state index in [9.17, 15) is 33.6 Å². The van der Waals surface area contributed by atoms with Gasteiger partial charge in [-0.3, -0.25) is 28.8 Å². The van der Waals surface area contributed by atoms with Crippen molar-refractivity contribution < 1.29 is 38.3 Å². The molecule has 0 spiro atoms. The average Bonchev–Trinajstić information content (AvgIpc) is 3.07. The van der Waals surface area contributed by atoms with E-state index in [1.807, 2.05) is 69.4 Å². The van der Waals surface area contributed by atoms with Gasteiger partial charge in [0.2, 0.25) is 35.4 Å². The molecule has 0 saturated carbocycles. The van der Waals surface area contributed by atoms with Crippen molar-refractivity contribution in [2.45, 2.75) is 97.1 Å². The van der Waals surface area contributed by atoms with Crippen LogP contribution in [0.1, 0.15) is 60.8 Å². The fraction of sp³-hybridized carbons (Fsp3) is 0.447. The van der Waals surface area contributed by atoms with Crippen LogP contribution in [-0.4, -0.2) is 89.7 Å². The molecular formula is C38H54N6O8. The van der Waals surface area contributed by atoms with Crippen LogP contribution in [0.15, 0.2) is 85.1 Å². The van der Waals surface area contributed by atoms with Crippen LogP contribution in [0.4, 0.5) is 0 Å². The topological polar surface area (TPSA) is 206 Å². The maximum absolute atomic E-state index is 13.9. The molecule has 6 amide bonds. The number of hydrogen-bond acceptors (Lipinski definition) is 8. The number of rotatable bonds is 13. The summed E-state index contributed by atoms with van der Waals surface area (Å²) < 4.78 is 5.62. The number of cyclic esters (lactones) is 1. The molecule has 1 rings (SSSR count). The molecule has 52 heavy (non-hydrogen) atoms. The Kier molecular flexibility index (Phi) is 20.4. The van der Waals surface area contributed by atoms with Crippen LogP contribution in [0.2, 0.25) is 0 Å². The predicted octanol–water partition coefficient (Wildman–Crippen LogP) is 1.96. The molecule has 284 valence electrons. The van der Waals surface area contributed by atoms with Gasteiger partial charge in [0.1, 0.15) is 36.3 Å². The molecule has 0 aliphatic carbocycles. The molecule has 0 aromatic rings. The number of hydrogen-bond donors (Lipinski definition) is 5. The Labute approximate surface area is 306 Å². The first-order chi connectivity index (χ1) is 24.6. The summed E-state index contributed by atoms with van der Waals surface area (Å²) in [6.45, 7) is 9.79. The number of amides is 6. The molecule has 14 heteroatoms. The average molecular weight is 723 g/mol. The van der Waals surface area contributed by atoms with E-state index < -0.39 is 77.7 Å². The molecule has 6 N–H and O–H groups in total. The third-order valence-electron chi connectivity index (χ3n) is 7.56. The fourth-order valence-corrected chi connectivity index (χ4v) is 4.75. The lowest BCUT2D eigenvalue weighted by molar-refractivity contribution is -0.160. The highest BCUT2D eigenvalue weighted by Crippen LogP contribution is 2.14. The molecule has 0 aromatic heterocycles. The summed E-state index contributed by atoms with van der Waals surface area (Å²) >= 11 is 0. The minimum absolute atomic E-state index is 0.0744. The van der Waals surface area contributed by atoms with E-state index >= 15 is 0 Å². The molecule has 0 radical (unpaired) electrons. The summed E-state index contributed by atoms with van der Waals surface area (Å²) in [6, 6.07) is -6.20. The summed E-state index contributed by atoms with van der Waals surface area (Å²) in [5.41, 5.74) is 5.28. The van der Waals surface area contributed by atoms with Gasteiger partial charge in [0.25, 0.3) is 0 Å². The Hall–Kier alpha value is -5.53. The van der Waals surface area contributed by atoms with Crippen LogP contribution >= 0.6 is 0 Å². The van der Waals surface area contributed by atoms with E-state index in [2.05, 4.69) is 21.3 Å². The first-order valence-electron chi connectivity index (χ1n) is 17.2. The monoisotopic (exact) mass is 722 g/mol. The molecule has 0 bridgehead atoms. The zero-order chi connectivity index (χ0) is 39.2. The zero-order valence-corrected chi connectivity index (χ0v) is 31.0.